The minimum absolute atomic E-state index is 0.340. The van der Waals surface area contributed by atoms with Crippen LogP contribution in [0.3, 0.4) is 0 Å². The van der Waals surface area contributed by atoms with Crippen molar-refractivity contribution in [3.63, 3.8) is 0 Å². The molecule has 2 aromatic carbocycles. The molecule has 1 amide bonds. The quantitative estimate of drug-likeness (QED) is 0.856. The van der Waals surface area contributed by atoms with Gasteiger partial charge < -0.3 is 5.32 Å². The molecule has 0 spiro atoms. The number of anilines is 1. The van der Waals surface area contributed by atoms with E-state index >= 15 is 0 Å². The molecule has 1 N–H and O–H groups in total. The van der Waals surface area contributed by atoms with Crippen molar-refractivity contribution in [3.05, 3.63) is 64.4 Å². The third-order valence-corrected chi connectivity index (χ3v) is 3.34. The van der Waals surface area contributed by atoms with Crippen molar-refractivity contribution in [1.82, 2.24) is 0 Å². The molecule has 1 heterocycles. The first-order valence-corrected chi connectivity index (χ1v) is 6.41. The monoisotopic (exact) mass is 288 g/mol. The predicted octanol–water partition coefficient (Wildman–Crippen LogP) is 3.59. The lowest BCUT2D eigenvalue weighted by Gasteiger charge is -2.16. The standard InChI is InChI=1S/C15H10ClFN2O/c16-9-5-6-13-11(7-9)15(18-8-14(20)19-13)10-3-1-2-4-12(10)17/h1-8,15H,(H,19,20). The van der Waals surface area contributed by atoms with Crippen LogP contribution < -0.4 is 5.32 Å². The average molecular weight is 289 g/mol. The van der Waals surface area contributed by atoms with Gasteiger partial charge in [-0.15, -0.1) is 0 Å². The maximum atomic E-state index is 14.0. The van der Waals surface area contributed by atoms with E-state index < -0.39 is 6.04 Å². The van der Waals surface area contributed by atoms with Gasteiger partial charge in [0.25, 0.3) is 5.91 Å². The molecular weight excluding hydrogens is 279 g/mol. The van der Waals surface area contributed by atoms with Gasteiger partial charge in [0.15, 0.2) is 0 Å². The van der Waals surface area contributed by atoms with Crippen molar-refractivity contribution >= 4 is 29.4 Å². The Labute approximate surface area is 120 Å². The second-order valence-electron chi connectivity index (χ2n) is 4.42. The molecule has 100 valence electrons. The second kappa shape index (κ2) is 5.06. The molecule has 0 bridgehead atoms. The highest BCUT2D eigenvalue weighted by Crippen LogP contribution is 2.35. The van der Waals surface area contributed by atoms with Crippen molar-refractivity contribution in [2.75, 3.05) is 5.32 Å². The normalized spacial score (nSPS) is 17.3. The van der Waals surface area contributed by atoms with Crippen molar-refractivity contribution < 1.29 is 9.18 Å². The summed E-state index contributed by atoms with van der Waals surface area (Å²) in [6, 6.07) is 10.8. The van der Waals surface area contributed by atoms with E-state index in [0.717, 1.165) is 0 Å². The number of carbonyl (C=O) groups excluding carboxylic acids is 1. The van der Waals surface area contributed by atoms with E-state index in [1.807, 2.05) is 0 Å². The molecule has 3 nitrogen and oxygen atoms in total. The summed E-state index contributed by atoms with van der Waals surface area (Å²) in [6.45, 7) is 0. The molecule has 20 heavy (non-hydrogen) atoms. The van der Waals surface area contributed by atoms with E-state index in [1.165, 1.54) is 12.3 Å². The largest absolute Gasteiger partial charge is 0.321 e. The smallest absolute Gasteiger partial charge is 0.266 e. The lowest BCUT2D eigenvalue weighted by Crippen LogP contribution is -2.11. The minimum atomic E-state index is -0.594. The number of hydrogen-bond acceptors (Lipinski definition) is 2. The summed E-state index contributed by atoms with van der Waals surface area (Å²) in [5.41, 5.74) is 1.67. The number of aliphatic imine (C=N–C) groups is 1. The molecule has 0 fully saturated rings. The lowest BCUT2D eigenvalue weighted by atomic mass is 9.97. The summed E-state index contributed by atoms with van der Waals surface area (Å²) in [6.07, 6.45) is 1.17. The third kappa shape index (κ3) is 2.30. The lowest BCUT2D eigenvalue weighted by molar-refractivity contribution is -0.109. The zero-order valence-electron chi connectivity index (χ0n) is 10.3. The van der Waals surface area contributed by atoms with Gasteiger partial charge in [-0.25, -0.2) is 4.39 Å². The molecule has 0 aromatic heterocycles. The Morgan fingerprint density at radius 1 is 1.15 bits per heavy atom. The van der Waals surface area contributed by atoms with Crippen molar-refractivity contribution in [2.24, 2.45) is 4.99 Å². The molecular formula is C15H10ClFN2O. The van der Waals surface area contributed by atoms with Crippen molar-refractivity contribution in [3.8, 4) is 0 Å². The van der Waals surface area contributed by atoms with Crippen molar-refractivity contribution in [1.29, 1.82) is 0 Å². The molecule has 1 unspecified atom stereocenters. The first kappa shape index (κ1) is 12.8. The Bertz CT molecular complexity index is 715. The van der Waals surface area contributed by atoms with Crippen LogP contribution in [-0.2, 0) is 4.79 Å². The molecule has 0 saturated carbocycles. The number of halogens is 2. The Hall–Kier alpha value is -2.20. The van der Waals surface area contributed by atoms with Crippen LogP contribution in [0.4, 0.5) is 10.1 Å². The predicted molar refractivity (Wildman–Crippen MR) is 76.8 cm³/mol. The average Bonchev–Trinajstić information content (AvgIpc) is 2.58. The highest BCUT2D eigenvalue weighted by molar-refractivity contribution is 6.33. The maximum Gasteiger partial charge on any atom is 0.266 e. The fourth-order valence-electron chi connectivity index (χ4n) is 2.21. The van der Waals surface area contributed by atoms with E-state index in [2.05, 4.69) is 10.3 Å². The van der Waals surface area contributed by atoms with Crippen LogP contribution in [0.25, 0.3) is 0 Å². The molecule has 3 rings (SSSR count). The number of rotatable bonds is 1. The number of nitrogens with zero attached hydrogens (tertiary/aromatic N) is 1. The van der Waals surface area contributed by atoms with E-state index in [9.17, 15) is 9.18 Å². The fraction of sp³-hybridized carbons (Fsp3) is 0.0667. The summed E-state index contributed by atoms with van der Waals surface area (Å²) in [4.78, 5) is 15.8. The van der Waals surface area contributed by atoms with Gasteiger partial charge in [-0.3, -0.25) is 9.79 Å². The van der Waals surface area contributed by atoms with Crippen LogP contribution in [0.5, 0.6) is 0 Å². The second-order valence-corrected chi connectivity index (χ2v) is 4.86. The number of benzene rings is 2. The zero-order chi connectivity index (χ0) is 14.1. The van der Waals surface area contributed by atoms with E-state index in [0.29, 0.717) is 21.8 Å². The zero-order valence-corrected chi connectivity index (χ0v) is 11.1. The first-order chi connectivity index (χ1) is 9.65. The molecule has 1 atom stereocenters. The topological polar surface area (TPSA) is 41.5 Å². The summed E-state index contributed by atoms with van der Waals surface area (Å²) in [5.74, 6) is -0.706. The minimum Gasteiger partial charge on any atom is -0.321 e. The molecule has 2 aromatic rings. The maximum absolute atomic E-state index is 14.0. The Balaban J connectivity index is 2.20. The molecule has 1 aliphatic heterocycles. The van der Waals surface area contributed by atoms with Gasteiger partial charge >= 0.3 is 0 Å². The van der Waals surface area contributed by atoms with Crippen LogP contribution in [0, 0.1) is 5.82 Å². The summed E-state index contributed by atoms with van der Waals surface area (Å²) < 4.78 is 14.0. The SMILES string of the molecule is O=C1C=NC(c2ccccc2F)c2cc(Cl)ccc2N1. The Morgan fingerprint density at radius 3 is 2.75 bits per heavy atom. The fourth-order valence-corrected chi connectivity index (χ4v) is 2.39. The number of fused-ring (bicyclic) bond motifs is 1. The summed E-state index contributed by atoms with van der Waals surface area (Å²) >= 11 is 6.00. The third-order valence-electron chi connectivity index (χ3n) is 3.11. The van der Waals surface area contributed by atoms with Gasteiger partial charge in [0.05, 0.1) is 6.21 Å². The van der Waals surface area contributed by atoms with E-state index in [-0.39, 0.29) is 11.7 Å². The number of hydrogen-bond donors (Lipinski definition) is 1. The van der Waals surface area contributed by atoms with Crippen LogP contribution in [0.2, 0.25) is 5.02 Å². The van der Waals surface area contributed by atoms with Gasteiger partial charge in [0.2, 0.25) is 0 Å². The molecule has 0 aliphatic carbocycles. The first-order valence-electron chi connectivity index (χ1n) is 6.03. The highest BCUT2D eigenvalue weighted by atomic mass is 35.5. The van der Waals surface area contributed by atoms with Gasteiger partial charge in [-0.05, 0) is 24.3 Å². The van der Waals surface area contributed by atoms with Crippen LogP contribution >= 0.6 is 11.6 Å². The van der Waals surface area contributed by atoms with E-state index in [4.69, 9.17) is 11.6 Å². The van der Waals surface area contributed by atoms with Gasteiger partial charge in [-0.2, -0.15) is 0 Å². The van der Waals surface area contributed by atoms with Crippen LogP contribution in [0.1, 0.15) is 17.2 Å². The van der Waals surface area contributed by atoms with E-state index in [1.54, 1.807) is 36.4 Å². The van der Waals surface area contributed by atoms with Crippen LogP contribution in [0.15, 0.2) is 47.5 Å². The molecule has 0 saturated heterocycles. The van der Waals surface area contributed by atoms with Crippen LogP contribution in [-0.4, -0.2) is 12.1 Å². The number of carbonyl (C=O) groups is 1. The van der Waals surface area contributed by atoms with Gasteiger partial charge in [0.1, 0.15) is 11.9 Å². The molecule has 1 aliphatic rings. The Kier molecular flexibility index (Phi) is 3.24. The van der Waals surface area contributed by atoms with Gasteiger partial charge in [-0.1, -0.05) is 29.8 Å². The summed E-state index contributed by atoms with van der Waals surface area (Å²) in [5, 5.41) is 3.21. The number of amides is 1. The molecule has 5 heteroatoms. The molecule has 0 radical (unpaired) electrons. The van der Waals surface area contributed by atoms with Gasteiger partial charge in [0, 0.05) is 21.8 Å². The highest BCUT2D eigenvalue weighted by Gasteiger charge is 2.23. The summed E-state index contributed by atoms with van der Waals surface area (Å²) in [7, 11) is 0. The Morgan fingerprint density at radius 2 is 1.95 bits per heavy atom. The van der Waals surface area contributed by atoms with Crippen molar-refractivity contribution in [2.45, 2.75) is 6.04 Å². The number of nitrogens with one attached hydrogen (secondary N) is 1.